The fourth-order valence-electron chi connectivity index (χ4n) is 2.57. The second kappa shape index (κ2) is 6.98. The van der Waals surface area contributed by atoms with Gasteiger partial charge in [0, 0.05) is 16.6 Å². The van der Waals surface area contributed by atoms with E-state index in [-0.39, 0.29) is 5.75 Å². The van der Waals surface area contributed by atoms with Crippen LogP contribution in [-0.4, -0.2) is 23.4 Å². The summed E-state index contributed by atoms with van der Waals surface area (Å²) in [7, 11) is -3.75. The predicted molar refractivity (Wildman–Crippen MR) is 105 cm³/mol. The Kier molecular flexibility index (Phi) is 5.05. The first-order chi connectivity index (χ1) is 12.2. The van der Waals surface area contributed by atoms with Crippen LogP contribution in [0.2, 0.25) is 0 Å². The zero-order valence-electron chi connectivity index (χ0n) is 14.8. The first-order valence-electron chi connectivity index (χ1n) is 8.12. The van der Waals surface area contributed by atoms with Crippen molar-refractivity contribution >= 4 is 26.9 Å². The second-order valence-corrected chi connectivity index (χ2v) is 9.73. The number of phenols is 1. The molecule has 0 fully saturated rings. The number of phenolic OH excluding ortho intramolecular Hbond substituents is 1. The lowest BCUT2D eigenvalue weighted by molar-refractivity contribution is 0.437. The van der Waals surface area contributed by atoms with Gasteiger partial charge in [0.05, 0.1) is 0 Å². The molecular formula is C19H21N2O3S2. The normalized spacial score (nSPS) is 18.0. The van der Waals surface area contributed by atoms with E-state index in [0.29, 0.717) is 0 Å². The highest BCUT2D eigenvalue weighted by molar-refractivity contribution is 8.09. The van der Waals surface area contributed by atoms with Crippen molar-refractivity contribution in [3.8, 4) is 5.75 Å². The number of benzene rings is 2. The Morgan fingerprint density at radius 1 is 1.12 bits per heavy atom. The van der Waals surface area contributed by atoms with Crippen molar-refractivity contribution in [1.82, 2.24) is 9.03 Å². The van der Waals surface area contributed by atoms with Crippen molar-refractivity contribution < 1.29 is 13.5 Å². The lowest BCUT2D eigenvalue weighted by Gasteiger charge is -2.29. The average Bonchev–Trinajstić information content (AvgIpc) is 3.00. The SMILES string of the molecule is CC(C)(C)NS(=O)(=O)N1C=C(c2cc[c]cc2)SC1c1ccc(O)cc1. The molecule has 0 aromatic heterocycles. The Hall–Kier alpha value is -1.96. The molecule has 3 rings (SSSR count). The third kappa shape index (κ3) is 4.23. The van der Waals surface area contributed by atoms with Crippen LogP contribution >= 0.6 is 11.8 Å². The van der Waals surface area contributed by atoms with E-state index in [0.717, 1.165) is 16.0 Å². The number of nitrogens with zero attached hydrogens (tertiary/aromatic N) is 1. The molecule has 1 heterocycles. The van der Waals surface area contributed by atoms with Crippen LogP contribution in [0.3, 0.4) is 0 Å². The molecule has 0 saturated carbocycles. The minimum Gasteiger partial charge on any atom is -0.508 e. The summed E-state index contributed by atoms with van der Waals surface area (Å²) in [5.41, 5.74) is 1.13. The van der Waals surface area contributed by atoms with Gasteiger partial charge in [-0.1, -0.05) is 48.2 Å². The zero-order chi connectivity index (χ0) is 18.9. The predicted octanol–water partition coefficient (Wildman–Crippen LogP) is 3.87. The first-order valence-corrected chi connectivity index (χ1v) is 10.4. The molecule has 1 unspecified atom stereocenters. The van der Waals surface area contributed by atoms with E-state index in [1.54, 1.807) is 63.4 Å². The van der Waals surface area contributed by atoms with E-state index >= 15 is 0 Å². The maximum Gasteiger partial charge on any atom is 0.302 e. The van der Waals surface area contributed by atoms with Crippen molar-refractivity contribution in [2.75, 3.05) is 0 Å². The van der Waals surface area contributed by atoms with Gasteiger partial charge in [0.25, 0.3) is 0 Å². The highest BCUT2D eigenvalue weighted by atomic mass is 32.2. The monoisotopic (exact) mass is 389 g/mol. The van der Waals surface area contributed by atoms with E-state index < -0.39 is 21.1 Å². The molecular weight excluding hydrogens is 368 g/mol. The standard InChI is InChI=1S/C19H21N2O3S2/c1-19(2,3)20-26(23,24)21-13-17(14-7-5-4-6-8-14)25-18(21)15-9-11-16(22)12-10-15/h5-13,18,20,22H,1-3H3. The second-order valence-electron chi connectivity index (χ2n) is 7.03. The van der Waals surface area contributed by atoms with Gasteiger partial charge in [-0.3, -0.25) is 0 Å². The van der Waals surface area contributed by atoms with Gasteiger partial charge in [-0.2, -0.15) is 13.1 Å². The Morgan fingerprint density at radius 3 is 2.31 bits per heavy atom. The Bertz CT molecular complexity index is 902. The van der Waals surface area contributed by atoms with E-state index in [2.05, 4.69) is 10.8 Å². The van der Waals surface area contributed by atoms with Crippen LogP contribution in [0.5, 0.6) is 5.75 Å². The van der Waals surface area contributed by atoms with Crippen LogP contribution in [0, 0.1) is 6.07 Å². The fraction of sp³-hybridized carbons (Fsp3) is 0.263. The zero-order valence-corrected chi connectivity index (χ0v) is 16.4. The highest BCUT2D eigenvalue weighted by Gasteiger charge is 2.37. The van der Waals surface area contributed by atoms with Gasteiger partial charge in [-0.05, 0) is 50.1 Å². The van der Waals surface area contributed by atoms with Crippen LogP contribution in [0.1, 0.15) is 37.3 Å². The maximum absolute atomic E-state index is 13.0. The summed E-state index contributed by atoms with van der Waals surface area (Å²) in [5, 5.41) is 9.09. The molecule has 0 spiro atoms. The smallest absolute Gasteiger partial charge is 0.302 e. The molecule has 0 bridgehead atoms. The third-order valence-electron chi connectivity index (χ3n) is 3.61. The molecule has 2 aromatic rings. The van der Waals surface area contributed by atoms with E-state index in [4.69, 9.17) is 0 Å². The van der Waals surface area contributed by atoms with Gasteiger partial charge in [0.1, 0.15) is 11.1 Å². The molecule has 2 N–H and O–H groups in total. The van der Waals surface area contributed by atoms with E-state index in [1.807, 2.05) is 12.1 Å². The largest absolute Gasteiger partial charge is 0.508 e. The van der Waals surface area contributed by atoms with Gasteiger partial charge in [0.15, 0.2) is 0 Å². The molecule has 137 valence electrons. The summed E-state index contributed by atoms with van der Waals surface area (Å²) in [6.07, 6.45) is 1.66. The maximum atomic E-state index is 13.0. The lowest BCUT2D eigenvalue weighted by Crippen LogP contribution is -2.47. The first kappa shape index (κ1) is 18.8. The van der Waals surface area contributed by atoms with Gasteiger partial charge in [-0.15, -0.1) is 0 Å². The third-order valence-corrected chi connectivity index (χ3v) is 6.80. The van der Waals surface area contributed by atoms with E-state index in [9.17, 15) is 13.5 Å². The van der Waals surface area contributed by atoms with Crippen molar-refractivity contribution in [3.63, 3.8) is 0 Å². The van der Waals surface area contributed by atoms with Crippen LogP contribution in [0.4, 0.5) is 0 Å². The molecule has 1 radical (unpaired) electrons. The number of aromatic hydroxyl groups is 1. The Morgan fingerprint density at radius 2 is 1.73 bits per heavy atom. The summed E-state index contributed by atoms with van der Waals surface area (Å²) in [5.74, 6) is 0.144. The molecule has 2 aromatic carbocycles. The summed E-state index contributed by atoms with van der Waals surface area (Å²) in [6, 6.07) is 17.0. The van der Waals surface area contributed by atoms with Gasteiger partial charge >= 0.3 is 10.2 Å². The van der Waals surface area contributed by atoms with Crippen molar-refractivity contribution in [2.24, 2.45) is 0 Å². The number of hydrogen-bond acceptors (Lipinski definition) is 4. The van der Waals surface area contributed by atoms with Gasteiger partial charge < -0.3 is 5.11 Å². The van der Waals surface area contributed by atoms with Crippen molar-refractivity contribution in [1.29, 1.82) is 0 Å². The molecule has 26 heavy (non-hydrogen) atoms. The summed E-state index contributed by atoms with van der Waals surface area (Å²) >= 11 is 1.46. The van der Waals surface area contributed by atoms with E-state index in [1.165, 1.54) is 16.1 Å². The molecule has 1 aliphatic rings. The number of hydrogen-bond donors (Lipinski definition) is 2. The van der Waals surface area contributed by atoms with Crippen molar-refractivity contribution in [3.05, 3.63) is 71.9 Å². The fourth-order valence-corrected chi connectivity index (χ4v) is 5.75. The van der Waals surface area contributed by atoms with Crippen LogP contribution in [-0.2, 0) is 10.2 Å². The van der Waals surface area contributed by atoms with Gasteiger partial charge in [-0.25, -0.2) is 4.31 Å². The summed E-state index contributed by atoms with van der Waals surface area (Å²) in [4.78, 5) is 0.858. The number of rotatable bonds is 4. The van der Waals surface area contributed by atoms with Crippen LogP contribution < -0.4 is 4.72 Å². The van der Waals surface area contributed by atoms with Crippen LogP contribution in [0.15, 0.2) is 54.7 Å². The molecule has 1 aliphatic heterocycles. The molecule has 5 nitrogen and oxygen atoms in total. The molecule has 1 atom stereocenters. The lowest BCUT2D eigenvalue weighted by atomic mass is 10.1. The molecule has 0 aliphatic carbocycles. The van der Waals surface area contributed by atoms with Crippen LogP contribution in [0.25, 0.3) is 4.91 Å². The Balaban J connectivity index is 2.02. The minimum atomic E-state index is -3.75. The molecule has 0 saturated heterocycles. The molecule has 7 heteroatoms. The quantitative estimate of drug-likeness (QED) is 0.833. The van der Waals surface area contributed by atoms with Gasteiger partial charge in [0.2, 0.25) is 0 Å². The highest BCUT2D eigenvalue weighted by Crippen LogP contribution is 2.49. The summed E-state index contributed by atoms with van der Waals surface area (Å²) < 4.78 is 30.0. The Labute approximate surface area is 158 Å². The summed E-state index contributed by atoms with van der Waals surface area (Å²) in [6.45, 7) is 5.42. The molecule has 0 amide bonds. The number of thioether (sulfide) groups is 1. The topological polar surface area (TPSA) is 69.6 Å². The minimum absolute atomic E-state index is 0.144. The average molecular weight is 390 g/mol. The number of nitrogens with one attached hydrogen (secondary N) is 1. The van der Waals surface area contributed by atoms with Crippen molar-refractivity contribution in [2.45, 2.75) is 31.7 Å².